The van der Waals surface area contributed by atoms with Crippen molar-refractivity contribution in [2.24, 2.45) is 0 Å². The molecule has 146 valence electrons. The monoisotopic (exact) mass is 386 g/mol. The quantitative estimate of drug-likeness (QED) is 0.539. The average molecular weight is 386 g/mol. The number of carbonyl (C=O) groups excluding carboxylic acids is 1. The number of benzene rings is 1. The molecule has 0 radical (unpaired) electrons. The van der Waals surface area contributed by atoms with Gasteiger partial charge in [-0.25, -0.2) is 19.6 Å². The van der Waals surface area contributed by atoms with Crippen LogP contribution in [0.25, 0.3) is 28.1 Å². The summed E-state index contributed by atoms with van der Waals surface area (Å²) >= 11 is 0. The summed E-state index contributed by atoms with van der Waals surface area (Å²) < 4.78 is 1.63. The molecule has 7 nitrogen and oxygen atoms in total. The van der Waals surface area contributed by atoms with Gasteiger partial charge in [0, 0.05) is 42.6 Å². The number of rotatable bonds is 3. The zero-order valence-electron chi connectivity index (χ0n) is 17.1. The Morgan fingerprint density at radius 2 is 1.69 bits per heavy atom. The van der Waals surface area contributed by atoms with Crippen molar-refractivity contribution in [2.45, 2.75) is 20.8 Å². The fourth-order valence-electron chi connectivity index (χ4n) is 3.28. The minimum atomic E-state index is -0.0608. The maximum Gasteiger partial charge on any atom is 0.254 e. The Morgan fingerprint density at radius 3 is 2.38 bits per heavy atom. The molecule has 0 spiro atoms. The molecule has 4 aromatic rings. The van der Waals surface area contributed by atoms with Gasteiger partial charge in [-0.3, -0.25) is 4.79 Å². The Balaban J connectivity index is 1.85. The zero-order chi connectivity index (χ0) is 20.7. The first-order chi connectivity index (χ1) is 13.8. The van der Waals surface area contributed by atoms with Gasteiger partial charge in [-0.05, 0) is 45.0 Å². The predicted octanol–water partition coefficient (Wildman–Crippen LogP) is 3.50. The van der Waals surface area contributed by atoms with E-state index in [1.54, 1.807) is 29.9 Å². The number of aromatic nitrogens is 5. The summed E-state index contributed by atoms with van der Waals surface area (Å²) in [6, 6.07) is 9.68. The van der Waals surface area contributed by atoms with Crippen molar-refractivity contribution in [2.75, 3.05) is 14.1 Å². The zero-order valence-corrected chi connectivity index (χ0v) is 17.1. The maximum absolute atomic E-state index is 12.8. The van der Waals surface area contributed by atoms with Crippen LogP contribution in [0.15, 0.2) is 42.7 Å². The van der Waals surface area contributed by atoms with E-state index < -0.39 is 0 Å². The maximum atomic E-state index is 12.8. The minimum Gasteiger partial charge on any atom is -0.345 e. The molecule has 0 fully saturated rings. The molecule has 0 unspecified atom stereocenters. The molecule has 1 aromatic carbocycles. The van der Waals surface area contributed by atoms with Crippen LogP contribution in [0.4, 0.5) is 0 Å². The average Bonchev–Trinajstić information content (AvgIpc) is 3.16. The highest BCUT2D eigenvalue weighted by atomic mass is 16.2. The third-order valence-electron chi connectivity index (χ3n) is 4.65. The number of hydrogen-bond acceptors (Lipinski definition) is 5. The molecule has 29 heavy (non-hydrogen) atoms. The summed E-state index contributed by atoms with van der Waals surface area (Å²) in [5.74, 6) is 0.448. The lowest BCUT2D eigenvalue weighted by atomic mass is 10.0. The Hall–Kier alpha value is -3.61. The number of carbonyl (C=O) groups is 1. The molecule has 0 aliphatic carbocycles. The van der Waals surface area contributed by atoms with Crippen molar-refractivity contribution in [1.29, 1.82) is 0 Å². The number of pyridine rings is 1. The number of nitrogens with zero attached hydrogens (tertiary/aromatic N) is 6. The first kappa shape index (κ1) is 18.7. The normalized spacial score (nSPS) is 11.1. The number of amides is 1. The van der Waals surface area contributed by atoms with Crippen LogP contribution in [0.3, 0.4) is 0 Å². The van der Waals surface area contributed by atoms with Crippen molar-refractivity contribution in [1.82, 2.24) is 29.6 Å². The van der Waals surface area contributed by atoms with Crippen molar-refractivity contribution >= 4 is 16.8 Å². The number of aryl methyl sites for hydroxylation is 3. The summed E-state index contributed by atoms with van der Waals surface area (Å²) in [6.07, 6.45) is 3.55. The highest BCUT2D eigenvalue weighted by molar-refractivity contribution is 6.07. The van der Waals surface area contributed by atoms with Gasteiger partial charge in [0.25, 0.3) is 11.9 Å². The summed E-state index contributed by atoms with van der Waals surface area (Å²) in [5.41, 5.74) is 5.71. The van der Waals surface area contributed by atoms with Crippen LogP contribution in [0.5, 0.6) is 0 Å². The van der Waals surface area contributed by atoms with Gasteiger partial charge in [-0.2, -0.15) is 5.10 Å². The van der Waals surface area contributed by atoms with E-state index in [1.807, 2.05) is 57.3 Å². The van der Waals surface area contributed by atoms with Crippen LogP contribution >= 0.6 is 0 Å². The van der Waals surface area contributed by atoms with Gasteiger partial charge in [0.05, 0.1) is 23.0 Å². The smallest absolute Gasteiger partial charge is 0.254 e. The molecular formula is C22H22N6O. The van der Waals surface area contributed by atoms with Crippen molar-refractivity contribution in [3.8, 4) is 17.2 Å². The van der Waals surface area contributed by atoms with Gasteiger partial charge in [0.15, 0.2) is 0 Å². The van der Waals surface area contributed by atoms with Crippen LogP contribution in [0, 0.1) is 20.8 Å². The predicted molar refractivity (Wildman–Crippen MR) is 112 cm³/mol. The summed E-state index contributed by atoms with van der Waals surface area (Å²) in [6.45, 7) is 5.86. The molecular weight excluding hydrogens is 364 g/mol. The van der Waals surface area contributed by atoms with Crippen molar-refractivity contribution < 1.29 is 4.79 Å². The van der Waals surface area contributed by atoms with Gasteiger partial charge >= 0.3 is 0 Å². The van der Waals surface area contributed by atoms with E-state index in [-0.39, 0.29) is 5.91 Å². The lowest BCUT2D eigenvalue weighted by Crippen LogP contribution is -2.22. The van der Waals surface area contributed by atoms with Gasteiger partial charge in [-0.1, -0.05) is 11.6 Å². The SMILES string of the molecule is Cc1ccc2nc(-c3cnn(-c4nc(C)cc(C)n4)c3)cc(C(=O)N(C)C)c2c1. The third kappa shape index (κ3) is 3.59. The first-order valence-corrected chi connectivity index (χ1v) is 9.32. The van der Waals surface area contributed by atoms with Crippen molar-refractivity contribution in [3.05, 3.63) is 65.2 Å². The molecule has 0 saturated heterocycles. The molecule has 0 aliphatic rings. The Morgan fingerprint density at radius 1 is 0.966 bits per heavy atom. The Labute approximate surface area is 169 Å². The molecule has 7 heteroatoms. The molecule has 4 rings (SSSR count). The van der Waals surface area contributed by atoms with E-state index in [2.05, 4.69) is 15.1 Å². The van der Waals surface area contributed by atoms with E-state index in [4.69, 9.17) is 4.98 Å². The highest BCUT2D eigenvalue weighted by Gasteiger charge is 2.17. The van der Waals surface area contributed by atoms with E-state index >= 15 is 0 Å². The van der Waals surface area contributed by atoms with Crippen LogP contribution < -0.4 is 0 Å². The molecule has 0 saturated carbocycles. The molecule has 0 aliphatic heterocycles. The summed E-state index contributed by atoms with van der Waals surface area (Å²) in [5, 5.41) is 5.25. The molecule has 0 N–H and O–H groups in total. The Bertz CT molecular complexity index is 1220. The van der Waals surface area contributed by atoms with Crippen LogP contribution in [-0.2, 0) is 0 Å². The second-order valence-electron chi connectivity index (χ2n) is 7.40. The third-order valence-corrected chi connectivity index (χ3v) is 4.65. The van der Waals surface area contributed by atoms with Crippen molar-refractivity contribution in [3.63, 3.8) is 0 Å². The highest BCUT2D eigenvalue weighted by Crippen LogP contribution is 2.26. The standard InChI is InChI=1S/C22H22N6O/c1-13-6-7-19-17(8-13)18(21(29)27(4)5)10-20(26-19)16-11-23-28(12-16)22-24-14(2)9-15(3)25-22/h6-12H,1-5H3. The lowest BCUT2D eigenvalue weighted by molar-refractivity contribution is 0.0829. The van der Waals surface area contributed by atoms with Gasteiger partial charge in [0.1, 0.15) is 0 Å². The lowest BCUT2D eigenvalue weighted by Gasteiger charge is -2.14. The largest absolute Gasteiger partial charge is 0.345 e. The fraction of sp³-hybridized carbons (Fsp3) is 0.227. The minimum absolute atomic E-state index is 0.0608. The van der Waals surface area contributed by atoms with E-state index in [0.29, 0.717) is 17.2 Å². The second kappa shape index (κ2) is 7.09. The number of hydrogen-bond donors (Lipinski definition) is 0. The van der Waals surface area contributed by atoms with E-state index in [0.717, 1.165) is 33.4 Å². The molecule has 0 bridgehead atoms. The van der Waals surface area contributed by atoms with Crippen LogP contribution in [0.1, 0.15) is 27.3 Å². The summed E-state index contributed by atoms with van der Waals surface area (Å²) in [7, 11) is 3.50. The van der Waals surface area contributed by atoms with E-state index in [9.17, 15) is 4.79 Å². The Kier molecular flexibility index (Phi) is 4.58. The second-order valence-corrected chi connectivity index (χ2v) is 7.40. The summed E-state index contributed by atoms with van der Waals surface area (Å²) in [4.78, 5) is 28.1. The van der Waals surface area contributed by atoms with E-state index in [1.165, 1.54) is 0 Å². The van der Waals surface area contributed by atoms with Gasteiger partial charge in [-0.15, -0.1) is 0 Å². The fourth-order valence-corrected chi connectivity index (χ4v) is 3.28. The molecule has 3 heterocycles. The topological polar surface area (TPSA) is 76.8 Å². The molecule has 1 amide bonds. The molecule has 0 atom stereocenters. The van der Waals surface area contributed by atoms with Crippen LogP contribution in [-0.4, -0.2) is 49.6 Å². The van der Waals surface area contributed by atoms with Crippen LogP contribution in [0.2, 0.25) is 0 Å². The number of fused-ring (bicyclic) bond motifs is 1. The van der Waals surface area contributed by atoms with Gasteiger partial charge in [0.2, 0.25) is 0 Å². The van der Waals surface area contributed by atoms with Gasteiger partial charge < -0.3 is 4.90 Å². The first-order valence-electron chi connectivity index (χ1n) is 9.32. The molecule has 3 aromatic heterocycles.